The minimum atomic E-state index is -1.17. The number of pyridine rings is 2. The average Bonchev–Trinajstić information content (AvgIpc) is 2.97. The SMILES string of the molecule is COc1cccc(-c2cccc(OCc3nc(OCc4cccnc4)c(CN[C@@H](CO)C(=O)O)cc3Cl)c2C)c1. The number of rotatable bonds is 13. The highest BCUT2D eigenvalue weighted by atomic mass is 35.5. The summed E-state index contributed by atoms with van der Waals surface area (Å²) in [7, 11) is 1.63. The Hall–Kier alpha value is -4.18. The molecule has 0 saturated heterocycles. The van der Waals surface area contributed by atoms with Gasteiger partial charge in [-0.1, -0.05) is 41.9 Å². The largest absolute Gasteiger partial charge is 0.497 e. The van der Waals surface area contributed by atoms with Crippen LogP contribution in [0.25, 0.3) is 11.1 Å². The molecule has 2 aromatic heterocycles. The number of carbonyl (C=O) groups is 1. The van der Waals surface area contributed by atoms with Gasteiger partial charge in [0.2, 0.25) is 5.88 Å². The first-order valence-corrected chi connectivity index (χ1v) is 12.9. The van der Waals surface area contributed by atoms with Gasteiger partial charge >= 0.3 is 5.97 Å². The van der Waals surface area contributed by atoms with E-state index in [0.29, 0.717) is 22.0 Å². The molecule has 0 saturated carbocycles. The standard InChI is InChI=1S/C30H30ClN3O6/c1-19-24(21-7-3-8-23(12-21)38-2)9-4-10-28(19)39-18-27-25(31)13-22(15-33-26(16-35)30(36)37)29(34-27)40-17-20-6-5-11-32-14-20/h3-14,26,33,35H,15-18H2,1-2H3,(H,36,37)/t26-/m0/s1. The van der Waals surface area contributed by atoms with Crippen LogP contribution in [-0.2, 0) is 24.6 Å². The van der Waals surface area contributed by atoms with E-state index >= 15 is 0 Å². The molecule has 10 heteroatoms. The van der Waals surface area contributed by atoms with E-state index in [9.17, 15) is 15.0 Å². The van der Waals surface area contributed by atoms with Gasteiger partial charge in [0.25, 0.3) is 0 Å². The van der Waals surface area contributed by atoms with Crippen LogP contribution in [0.2, 0.25) is 5.02 Å². The topological polar surface area (TPSA) is 123 Å². The van der Waals surface area contributed by atoms with Crippen molar-refractivity contribution in [3.05, 3.63) is 100 Å². The lowest BCUT2D eigenvalue weighted by Crippen LogP contribution is -2.39. The fraction of sp³-hybridized carbons (Fsp3) is 0.233. The molecule has 4 rings (SSSR count). The third-order valence-electron chi connectivity index (χ3n) is 6.24. The molecule has 0 bridgehead atoms. The van der Waals surface area contributed by atoms with Crippen molar-refractivity contribution < 1.29 is 29.2 Å². The first-order chi connectivity index (χ1) is 19.4. The number of hydrogen-bond acceptors (Lipinski definition) is 8. The number of methoxy groups -OCH3 is 1. The molecule has 2 aromatic carbocycles. The second-order valence-corrected chi connectivity index (χ2v) is 9.34. The van der Waals surface area contributed by atoms with Gasteiger partial charge in [0.1, 0.15) is 36.4 Å². The van der Waals surface area contributed by atoms with E-state index in [4.69, 9.17) is 25.8 Å². The smallest absolute Gasteiger partial charge is 0.323 e. The Morgan fingerprint density at radius 2 is 1.90 bits per heavy atom. The summed E-state index contributed by atoms with van der Waals surface area (Å²) in [6.45, 7) is 1.75. The second-order valence-electron chi connectivity index (χ2n) is 8.93. The fourth-order valence-electron chi connectivity index (χ4n) is 4.02. The summed E-state index contributed by atoms with van der Waals surface area (Å²) in [4.78, 5) is 20.1. The van der Waals surface area contributed by atoms with Gasteiger partial charge in [0.05, 0.1) is 18.7 Å². The van der Waals surface area contributed by atoms with E-state index in [-0.39, 0.29) is 25.6 Å². The van der Waals surface area contributed by atoms with Crippen LogP contribution in [0.5, 0.6) is 17.4 Å². The third kappa shape index (κ3) is 7.26. The molecule has 0 aliphatic heterocycles. The molecule has 0 aliphatic carbocycles. The third-order valence-corrected chi connectivity index (χ3v) is 6.56. The Morgan fingerprint density at radius 1 is 1.07 bits per heavy atom. The summed E-state index contributed by atoms with van der Waals surface area (Å²) in [5.74, 6) is 0.537. The number of aliphatic hydroxyl groups excluding tert-OH is 1. The number of carboxylic acid groups (broad SMARTS) is 1. The summed E-state index contributed by atoms with van der Waals surface area (Å²) in [5, 5.41) is 21.8. The van der Waals surface area contributed by atoms with Crippen molar-refractivity contribution in [1.82, 2.24) is 15.3 Å². The molecule has 0 spiro atoms. The molecule has 4 aromatic rings. The van der Waals surface area contributed by atoms with Gasteiger partial charge in [-0.2, -0.15) is 0 Å². The molecule has 2 heterocycles. The summed E-state index contributed by atoms with van der Waals surface area (Å²) in [6, 6.07) is 17.8. The lowest BCUT2D eigenvalue weighted by atomic mass is 10.00. The highest BCUT2D eigenvalue weighted by Gasteiger charge is 2.19. The molecule has 0 fully saturated rings. The Bertz CT molecular complexity index is 1450. The number of hydrogen-bond donors (Lipinski definition) is 3. The van der Waals surface area contributed by atoms with Gasteiger partial charge < -0.3 is 24.4 Å². The lowest BCUT2D eigenvalue weighted by Gasteiger charge is -2.17. The van der Waals surface area contributed by atoms with Gasteiger partial charge in [-0.25, -0.2) is 4.98 Å². The number of carboxylic acids is 1. The number of aliphatic hydroxyl groups is 1. The fourth-order valence-corrected chi connectivity index (χ4v) is 4.25. The predicted molar refractivity (Wildman–Crippen MR) is 151 cm³/mol. The summed E-state index contributed by atoms with van der Waals surface area (Å²) in [5.41, 5.74) is 4.78. The molecule has 9 nitrogen and oxygen atoms in total. The van der Waals surface area contributed by atoms with Crippen LogP contribution in [0.3, 0.4) is 0 Å². The van der Waals surface area contributed by atoms with Crippen LogP contribution in [-0.4, -0.2) is 45.9 Å². The zero-order chi connectivity index (χ0) is 28.5. The summed E-state index contributed by atoms with van der Waals surface area (Å²) in [6.07, 6.45) is 3.35. The number of halogens is 1. The van der Waals surface area contributed by atoms with E-state index < -0.39 is 18.6 Å². The van der Waals surface area contributed by atoms with Crippen molar-refractivity contribution >= 4 is 17.6 Å². The maximum atomic E-state index is 11.3. The van der Waals surface area contributed by atoms with E-state index in [1.807, 2.05) is 55.5 Å². The van der Waals surface area contributed by atoms with E-state index in [1.54, 1.807) is 31.6 Å². The number of aromatic nitrogens is 2. The van der Waals surface area contributed by atoms with E-state index in [0.717, 1.165) is 28.0 Å². The van der Waals surface area contributed by atoms with Gasteiger partial charge in [0, 0.05) is 30.1 Å². The highest BCUT2D eigenvalue weighted by Crippen LogP contribution is 2.33. The maximum absolute atomic E-state index is 11.3. The van der Waals surface area contributed by atoms with Crippen molar-refractivity contribution in [3.8, 4) is 28.5 Å². The molecule has 0 unspecified atom stereocenters. The molecule has 208 valence electrons. The normalized spacial score (nSPS) is 11.6. The zero-order valence-corrected chi connectivity index (χ0v) is 22.9. The lowest BCUT2D eigenvalue weighted by molar-refractivity contribution is -0.140. The molecule has 3 N–H and O–H groups in total. The summed E-state index contributed by atoms with van der Waals surface area (Å²) >= 11 is 6.58. The van der Waals surface area contributed by atoms with Crippen molar-refractivity contribution in [1.29, 1.82) is 0 Å². The van der Waals surface area contributed by atoms with Gasteiger partial charge in [-0.15, -0.1) is 0 Å². The van der Waals surface area contributed by atoms with Crippen molar-refractivity contribution in [2.75, 3.05) is 13.7 Å². The molecule has 40 heavy (non-hydrogen) atoms. The Balaban J connectivity index is 1.57. The number of aliphatic carboxylic acids is 1. The molecule has 1 atom stereocenters. The van der Waals surface area contributed by atoms with Gasteiger partial charge in [-0.05, 0) is 53.9 Å². The Morgan fingerprint density at radius 3 is 2.62 bits per heavy atom. The first kappa shape index (κ1) is 28.8. The van der Waals surface area contributed by atoms with Crippen LogP contribution in [0.4, 0.5) is 0 Å². The van der Waals surface area contributed by atoms with Crippen LogP contribution in [0.15, 0.2) is 73.1 Å². The van der Waals surface area contributed by atoms with E-state index in [2.05, 4.69) is 15.3 Å². The van der Waals surface area contributed by atoms with E-state index in [1.165, 1.54) is 0 Å². The summed E-state index contributed by atoms with van der Waals surface area (Å²) < 4.78 is 17.5. The first-order valence-electron chi connectivity index (χ1n) is 12.5. The minimum Gasteiger partial charge on any atom is -0.497 e. The van der Waals surface area contributed by atoms with Crippen LogP contribution >= 0.6 is 11.6 Å². The van der Waals surface area contributed by atoms with Crippen molar-refractivity contribution in [2.45, 2.75) is 32.7 Å². The Labute approximate surface area is 237 Å². The van der Waals surface area contributed by atoms with Crippen LogP contribution in [0, 0.1) is 6.92 Å². The van der Waals surface area contributed by atoms with Crippen molar-refractivity contribution in [2.24, 2.45) is 0 Å². The second kappa shape index (κ2) is 13.7. The molecular weight excluding hydrogens is 534 g/mol. The monoisotopic (exact) mass is 563 g/mol. The predicted octanol–water partition coefficient (Wildman–Crippen LogP) is 4.81. The highest BCUT2D eigenvalue weighted by molar-refractivity contribution is 6.31. The average molecular weight is 564 g/mol. The molecule has 0 aliphatic rings. The zero-order valence-electron chi connectivity index (χ0n) is 22.1. The van der Waals surface area contributed by atoms with Crippen molar-refractivity contribution in [3.63, 3.8) is 0 Å². The molecule has 0 radical (unpaired) electrons. The number of benzene rings is 2. The van der Waals surface area contributed by atoms with Gasteiger partial charge in [-0.3, -0.25) is 15.1 Å². The molecule has 0 amide bonds. The van der Waals surface area contributed by atoms with Crippen LogP contribution in [0.1, 0.15) is 22.4 Å². The molecular formula is C30H30ClN3O6. The number of nitrogens with zero attached hydrogens (tertiary/aromatic N) is 2. The maximum Gasteiger partial charge on any atom is 0.323 e. The van der Waals surface area contributed by atoms with Crippen LogP contribution < -0.4 is 19.5 Å². The number of nitrogens with one attached hydrogen (secondary N) is 1. The quantitative estimate of drug-likeness (QED) is 0.210. The minimum absolute atomic E-state index is 0.0649. The Kier molecular flexibility index (Phi) is 9.91. The van der Waals surface area contributed by atoms with Gasteiger partial charge in [0.15, 0.2) is 0 Å². The number of ether oxygens (including phenoxy) is 3.